The molecule has 14 rings (SSSR count). The van der Waals surface area contributed by atoms with E-state index in [1.54, 1.807) is 0 Å². The molecule has 5 heterocycles. The maximum absolute atomic E-state index is 7.27. The second-order valence-electron chi connectivity index (χ2n) is 23.0. The predicted molar refractivity (Wildman–Crippen MR) is 335 cm³/mol. The number of imidazole rings is 2. The van der Waals surface area contributed by atoms with E-state index < -0.39 is 0 Å². The summed E-state index contributed by atoms with van der Waals surface area (Å²) in [6.45, 7) is 20.2. The number of ether oxygens (including phenoxy) is 1. The SMILES string of the molecule is Cc1ccc2oc3ccc4c5cc(Oc6[c-]c(-c7nc8ccccc8n7-c7c(C(C)C)cc(-c8ccccc8)cc7C(C)C)ccc6)[c-]c(-c6nc7ccccc7n6-c6c(C(C)C)cc(-c7ccccc7)cc6C(C)C)c5oc4c3c2n1.[Pt+2]. The molecule has 0 aliphatic heterocycles. The average Bonchev–Trinajstić information content (AvgIpc) is 3.83. The Kier molecular flexibility index (Phi) is 13.6. The Morgan fingerprint density at radius 2 is 0.952 bits per heavy atom. The first-order valence-electron chi connectivity index (χ1n) is 28.6. The number of pyridine rings is 1. The molecule has 0 N–H and O–H groups in total. The van der Waals surface area contributed by atoms with Crippen molar-refractivity contribution >= 4 is 66.1 Å². The van der Waals surface area contributed by atoms with Gasteiger partial charge in [0.1, 0.15) is 16.7 Å². The molecular formula is C74H61N5O3Pt. The van der Waals surface area contributed by atoms with E-state index in [0.717, 1.165) is 72.2 Å². The second-order valence-corrected chi connectivity index (χ2v) is 23.0. The number of aromatic nitrogens is 5. The van der Waals surface area contributed by atoms with Crippen LogP contribution in [0.5, 0.6) is 11.5 Å². The molecule has 9 aromatic carbocycles. The van der Waals surface area contributed by atoms with E-state index >= 15 is 0 Å². The summed E-state index contributed by atoms with van der Waals surface area (Å²) in [6.07, 6.45) is 0. The maximum atomic E-state index is 7.27. The van der Waals surface area contributed by atoms with Gasteiger partial charge in [-0.05, 0) is 148 Å². The Morgan fingerprint density at radius 3 is 1.52 bits per heavy atom. The van der Waals surface area contributed by atoms with Crippen molar-refractivity contribution in [2.24, 2.45) is 0 Å². The van der Waals surface area contributed by atoms with Crippen LogP contribution in [0.2, 0.25) is 0 Å². The molecule has 0 spiro atoms. The average molecular weight is 1260 g/mol. The van der Waals surface area contributed by atoms with Crippen molar-refractivity contribution in [1.82, 2.24) is 24.1 Å². The molecule has 0 radical (unpaired) electrons. The van der Waals surface area contributed by atoms with Crippen molar-refractivity contribution in [2.75, 3.05) is 0 Å². The Hall–Kier alpha value is -8.84. The minimum absolute atomic E-state index is 0. The van der Waals surface area contributed by atoms with Gasteiger partial charge in [0.15, 0.2) is 5.58 Å². The number of rotatable bonds is 12. The zero-order chi connectivity index (χ0) is 56.1. The first-order chi connectivity index (χ1) is 39.9. The number of para-hydroxylation sites is 4. The Morgan fingerprint density at radius 1 is 0.434 bits per heavy atom. The molecule has 0 unspecified atom stereocenters. The number of benzene rings is 9. The maximum Gasteiger partial charge on any atom is 2.00 e. The number of hydrogen-bond donors (Lipinski definition) is 0. The van der Waals surface area contributed by atoms with Gasteiger partial charge in [-0.2, -0.15) is 0 Å². The zero-order valence-electron chi connectivity index (χ0n) is 47.9. The van der Waals surface area contributed by atoms with Gasteiger partial charge in [0, 0.05) is 34.0 Å². The van der Waals surface area contributed by atoms with Crippen molar-refractivity contribution in [3.63, 3.8) is 0 Å². The topological polar surface area (TPSA) is 84.0 Å². The summed E-state index contributed by atoms with van der Waals surface area (Å²) in [5.41, 5.74) is 21.4. The van der Waals surface area contributed by atoms with E-state index in [9.17, 15) is 0 Å². The summed E-state index contributed by atoms with van der Waals surface area (Å²) in [4.78, 5) is 16.0. The van der Waals surface area contributed by atoms with Crippen molar-refractivity contribution in [3.05, 3.63) is 222 Å². The summed E-state index contributed by atoms with van der Waals surface area (Å²) >= 11 is 0. The summed E-state index contributed by atoms with van der Waals surface area (Å²) in [7, 11) is 0. The number of furan rings is 2. The van der Waals surface area contributed by atoms with Crippen molar-refractivity contribution in [2.45, 2.75) is 86.0 Å². The molecular weight excluding hydrogens is 1200 g/mol. The van der Waals surface area contributed by atoms with Crippen LogP contribution in [0, 0.1) is 19.1 Å². The predicted octanol–water partition coefficient (Wildman–Crippen LogP) is 20.4. The summed E-state index contributed by atoms with van der Waals surface area (Å²) < 4.78 is 25.5. The molecule has 0 saturated heterocycles. The van der Waals surface area contributed by atoms with E-state index in [-0.39, 0.29) is 44.7 Å². The molecule has 0 saturated carbocycles. The number of nitrogens with zero attached hydrogens (tertiary/aromatic N) is 5. The third kappa shape index (κ3) is 9.15. The third-order valence-electron chi connectivity index (χ3n) is 16.1. The molecule has 0 aliphatic carbocycles. The molecule has 0 atom stereocenters. The molecule has 0 amide bonds. The smallest absolute Gasteiger partial charge is 0.500 e. The van der Waals surface area contributed by atoms with Crippen molar-refractivity contribution < 1.29 is 34.6 Å². The number of hydrogen-bond acceptors (Lipinski definition) is 6. The van der Waals surface area contributed by atoms with Gasteiger partial charge < -0.3 is 22.7 Å². The molecule has 14 aromatic rings. The molecule has 5 aromatic heterocycles. The van der Waals surface area contributed by atoms with Gasteiger partial charge in [-0.3, -0.25) is 9.97 Å². The molecule has 9 heteroatoms. The molecule has 0 fully saturated rings. The fraction of sp³-hybridized carbons (Fsp3) is 0.176. The molecule has 0 bridgehead atoms. The van der Waals surface area contributed by atoms with Crippen LogP contribution in [0.3, 0.4) is 0 Å². The van der Waals surface area contributed by atoms with Gasteiger partial charge in [0.2, 0.25) is 0 Å². The minimum atomic E-state index is 0. The van der Waals surface area contributed by atoms with E-state index in [2.05, 4.69) is 222 Å². The number of fused-ring (bicyclic) bond motifs is 9. The van der Waals surface area contributed by atoms with Crippen LogP contribution in [0.25, 0.3) is 122 Å². The van der Waals surface area contributed by atoms with Crippen molar-refractivity contribution in [3.8, 4) is 67.9 Å². The second kappa shape index (κ2) is 21.2. The summed E-state index contributed by atoms with van der Waals surface area (Å²) in [6, 6.07) is 71.3. The standard InChI is InChI=1S/C74H61N5O3.Pt/c1-42(2)55-36-50(47-21-12-10-13-22-47)37-56(43(3)4)69(55)78-63-29-18-16-27-61(63)76-73(78)49-25-20-26-52(35-49)80-53-40-59-54-32-34-65-67(68-66(81-65)33-31-46(9)75-68)72(54)82-71(59)60(41-53)74-77-62-28-17-19-30-64(62)79(74)70-57(44(5)6)38-51(39-58(70)45(7)8)48-23-14-11-15-24-48;/h10-34,36-40,42-45H,1-9H3;/q-2;+2. The first kappa shape index (κ1) is 53.5. The van der Waals surface area contributed by atoms with Gasteiger partial charge in [-0.25, -0.2) is 4.98 Å². The minimum Gasteiger partial charge on any atom is -0.500 e. The van der Waals surface area contributed by atoms with Gasteiger partial charge >= 0.3 is 21.1 Å². The summed E-state index contributed by atoms with van der Waals surface area (Å²) in [5.74, 6) is 3.18. The van der Waals surface area contributed by atoms with Crippen LogP contribution in [-0.2, 0) is 21.1 Å². The van der Waals surface area contributed by atoms with Crippen LogP contribution >= 0.6 is 0 Å². The van der Waals surface area contributed by atoms with Crippen LogP contribution in [0.15, 0.2) is 191 Å². The monoisotopic (exact) mass is 1260 g/mol. The van der Waals surface area contributed by atoms with Gasteiger partial charge in [-0.1, -0.05) is 169 Å². The van der Waals surface area contributed by atoms with Gasteiger partial charge in [0.25, 0.3) is 0 Å². The fourth-order valence-corrected chi connectivity index (χ4v) is 12.1. The molecule has 0 aliphatic rings. The Balaban J connectivity index is 0.00000645. The van der Waals surface area contributed by atoms with Crippen LogP contribution in [0.1, 0.15) is 107 Å². The Bertz CT molecular complexity index is 4750. The zero-order valence-corrected chi connectivity index (χ0v) is 50.2. The molecule has 8 nitrogen and oxygen atoms in total. The fourth-order valence-electron chi connectivity index (χ4n) is 12.1. The Labute approximate surface area is 497 Å². The van der Waals surface area contributed by atoms with E-state index in [1.807, 2.05) is 43.3 Å². The normalized spacial score (nSPS) is 12.0. The van der Waals surface area contributed by atoms with Crippen molar-refractivity contribution in [1.29, 1.82) is 0 Å². The van der Waals surface area contributed by atoms with Gasteiger partial charge in [0.05, 0.1) is 44.7 Å². The molecule has 410 valence electrons. The first-order valence-corrected chi connectivity index (χ1v) is 28.6. The largest absolute Gasteiger partial charge is 2.00 e. The van der Waals surface area contributed by atoms with E-state index in [1.165, 1.54) is 44.5 Å². The van der Waals surface area contributed by atoms with Crippen LogP contribution < -0.4 is 4.74 Å². The summed E-state index contributed by atoms with van der Waals surface area (Å²) in [5, 5.41) is 2.55. The number of aryl methyl sites for hydroxylation is 1. The molecule has 83 heavy (non-hydrogen) atoms. The quantitative estimate of drug-likeness (QED) is 0.113. The van der Waals surface area contributed by atoms with E-state index in [4.69, 9.17) is 28.5 Å². The van der Waals surface area contributed by atoms with E-state index in [0.29, 0.717) is 45.2 Å². The van der Waals surface area contributed by atoms with Crippen LogP contribution in [0.4, 0.5) is 0 Å². The van der Waals surface area contributed by atoms with Crippen LogP contribution in [-0.4, -0.2) is 24.1 Å². The van der Waals surface area contributed by atoms with Gasteiger partial charge in [-0.15, -0.1) is 23.8 Å². The third-order valence-corrected chi connectivity index (χ3v) is 16.1.